The summed E-state index contributed by atoms with van der Waals surface area (Å²) in [5.41, 5.74) is 1.10. The smallest absolute Gasteiger partial charge is 0.420 e. The number of ether oxygens (including phenoxy) is 2. The predicted molar refractivity (Wildman–Crippen MR) is 99.3 cm³/mol. The van der Waals surface area contributed by atoms with Crippen molar-refractivity contribution < 1.29 is 18.7 Å². The Bertz CT molecular complexity index is 1040. The zero-order valence-corrected chi connectivity index (χ0v) is 15.4. The molecule has 1 saturated heterocycles. The Hall–Kier alpha value is -3.36. The average molecular weight is 384 g/mol. The highest BCUT2D eigenvalue weighted by Gasteiger charge is 2.25. The first-order valence-electron chi connectivity index (χ1n) is 9.04. The number of para-hydroxylation sites is 2. The van der Waals surface area contributed by atoms with Crippen LogP contribution in [0.1, 0.15) is 12.8 Å². The molecule has 4 rings (SSSR count). The molecule has 9 heteroatoms. The molecular formula is C19H20N4O5. The number of methoxy groups -OCH3 is 1. The van der Waals surface area contributed by atoms with Crippen LogP contribution in [0.5, 0.6) is 11.9 Å². The summed E-state index contributed by atoms with van der Waals surface area (Å²) in [7, 11) is 1.50. The van der Waals surface area contributed by atoms with E-state index < -0.39 is 5.76 Å². The second-order valence-corrected chi connectivity index (χ2v) is 6.50. The van der Waals surface area contributed by atoms with Crippen LogP contribution in [0.15, 0.2) is 45.7 Å². The number of fused-ring (bicyclic) bond motifs is 1. The van der Waals surface area contributed by atoms with Gasteiger partial charge in [-0.25, -0.2) is 9.78 Å². The van der Waals surface area contributed by atoms with Crippen LogP contribution in [0.2, 0.25) is 0 Å². The van der Waals surface area contributed by atoms with Gasteiger partial charge in [-0.3, -0.25) is 9.36 Å². The van der Waals surface area contributed by atoms with Gasteiger partial charge >= 0.3 is 11.8 Å². The van der Waals surface area contributed by atoms with Crippen LogP contribution in [0.4, 0.5) is 0 Å². The van der Waals surface area contributed by atoms with Gasteiger partial charge in [0, 0.05) is 38.2 Å². The highest BCUT2D eigenvalue weighted by atomic mass is 16.5. The summed E-state index contributed by atoms with van der Waals surface area (Å²) in [4.78, 5) is 34.5. The standard InChI is InChI=1S/C19H20N4O5/c1-26-18-20-9-6-16(21-18)27-13-7-10-22(11-8-13)17(24)12-23-14-4-2-3-5-15(14)28-19(23)25/h2-6,9,13H,7-8,10-12H2,1H3. The summed E-state index contributed by atoms with van der Waals surface area (Å²) >= 11 is 0. The number of carbonyl (C=O) groups is 1. The molecule has 146 valence electrons. The van der Waals surface area contributed by atoms with Crippen LogP contribution in [0, 0.1) is 0 Å². The number of hydrogen-bond acceptors (Lipinski definition) is 7. The topological polar surface area (TPSA) is 99.7 Å². The number of aromatic nitrogens is 3. The second kappa shape index (κ2) is 7.71. The van der Waals surface area contributed by atoms with E-state index in [1.54, 1.807) is 35.4 Å². The highest BCUT2D eigenvalue weighted by molar-refractivity contribution is 5.79. The van der Waals surface area contributed by atoms with E-state index >= 15 is 0 Å². The fourth-order valence-corrected chi connectivity index (χ4v) is 3.28. The van der Waals surface area contributed by atoms with E-state index in [1.807, 2.05) is 6.07 Å². The number of benzene rings is 1. The normalized spacial score (nSPS) is 15.0. The molecule has 1 amide bonds. The first-order chi connectivity index (χ1) is 13.6. The second-order valence-electron chi connectivity index (χ2n) is 6.50. The first kappa shape index (κ1) is 18.0. The maximum absolute atomic E-state index is 12.7. The zero-order valence-electron chi connectivity index (χ0n) is 15.4. The van der Waals surface area contributed by atoms with Crippen molar-refractivity contribution in [2.45, 2.75) is 25.5 Å². The summed E-state index contributed by atoms with van der Waals surface area (Å²) < 4.78 is 17.4. The molecule has 1 aliphatic heterocycles. The predicted octanol–water partition coefficient (Wildman–Crippen LogP) is 1.46. The first-order valence-corrected chi connectivity index (χ1v) is 9.04. The zero-order chi connectivity index (χ0) is 19.5. The third kappa shape index (κ3) is 3.68. The van der Waals surface area contributed by atoms with Crippen molar-refractivity contribution in [2.24, 2.45) is 0 Å². The molecule has 0 unspecified atom stereocenters. The highest BCUT2D eigenvalue weighted by Crippen LogP contribution is 2.19. The third-order valence-electron chi connectivity index (χ3n) is 4.74. The van der Waals surface area contributed by atoms with Gasteiger partial charge < -0.3 is 18.8 Å². The van der Waals surface area contributed by atoms with Gasteiger partial charge in [-0.05, 0) is 12.1 Å². The molecule has 0 bridgehead atoms. The van der Waals surface area contributed by atoms with Gasteiger partial charge in [0.25, 0.3) is 0 Å². The van der Waals surface area contributed by atoms with Crippen molar-refractivity contribution in [1.82, 2.24) is 19.4 Å². The quantitative estimate of drug-likeness (QED) is 0.657. The maximum atomic E-state index is 12.7. The molecule has 0 spiro atoms. The molecule has 0 saturated carbocycles. The van der Waals surface area contributed by atoms with Crippen molar-refractivity contribution in [2.75, 3.05) is 20.2 Å². The fraction of sp³-hybridized carbons (Fsp3) is 0.368. The number of piperidine rings is 1. The van der Waals surface area contributed by atoms with Crippen LogP contribution in [-0.2, 0) is 11.3 Å². The Labute approximate surface area is 160 Å². The molecule has 3 heterocycles. The average Bonchev–Trinajstić information content (AvgIpc) is 3.04. The van der Waals surface area contributed by atoms with Gasteiger partial charge in [0.05, 0.1) is 12.6 Å². The summed E-state index contributed by atoms with van der Waals surface area (Å²) in [5, 5.41) is 0. The number of likely N-dealkylation sites (tertiary alicyclic amines) is 1. The van der Waals surface area contributed by atoms with Crippen LogP contribution >= 0.6 is 0 Å². The molecule has 3 aromatic rings. The van der Waals surface area contributed by atoms with Crippen molar-refractivity contribution in [3.63, 3.8) is 0 Å². The van der Waals surface area contributed by atoms with Crippen molar-refractivity contribution in [1.29, 1.82) is 0 Å². The van der Waals surface area contributed by atoms with E-state index in [-0.39, 0.29) is 24.6 Å². The Morgan fingerprint density at radius 1 is 1.25 bits per heavy atom. The lowest BCUT2D eigenvalue weighted by Gasteiger charge is -2.32. The van der Waals surface area contributed by atoms with Gasteiger partial charge in [-0.2, -0.15) is 4.98 Å². The van der Waals surface area contributed by atoms with E-state index in [4.69, 9.17) is 13.9 Å². The Morgan fingerprint density at radius 3 is 2.82 bits per heavy atom. The minimum Gasteiger partial charge on any atom is -0.474 e. The van der Waals surface area contributed by atoms with E-state index in [1.165, 1.54) is 11.7 Å². The Balaban J connectivity index is 1.36. The minimum absolute atomic E-state index is 0.0372. The Morgan fingerprint density at radius 2 is 2.04 bits per heavy atom. The van der Waals surface area contributed by atoms with Gasteiger partial charge in [0.1, 0.15) is 12.6 Å². The molecule has 9 nitrogen and oxygen atoms in total. The Kier molecular flexibility index (Phi) is 4.96. The number of rotatable bonds is 5. The molecule has 1 fully saturated rings. The molecule has 1 aliphatic rings. The van der Waals surface area contributed by atoms with E-state index in [0.717, 1.165) is 0 Å². The molecule has 2 aromatic heterocycles. The summed E-state index contributed by atoms with van der Waals surface area (Å²) in [6, 6.07) is 9.00. The number of carbonyl (C=O) groups excluding carboxylic acids is 1. The molecule has 1 aromatic carbocycles. The lowest BCUT2D eigenvalue weighted by molar-refractivity contribution is -0.133. The summed E-state index contributed by atoms with van der Waals surface area (Å²) in [6.45, 7) is 1.07. The summed E-state index contributed by atoms with van der Waals surface area (Å²) in [6.07, 6.45) is 2.89. The van der Waals surface area contributed by atoms with E-state index in [9.17, 15) is 9.59 Å². The van der Waals surface area contributed by atoms with E-state index in [0.29, 0.717) is 42.9 Å². The van der Waals surface area contributed by atoms with Crippen LogP contribution in [0.3, 0.4) is 0 Å². The van der Waals surface area contributed by atoms with Gasteiger partial charge in [0.2, 0.25) is 11.8 Å². The number of oxazole rings is 1. The van der Waals surface area contributed by atoms with E-state index in [2.05, 4.69) is 9.97 Å². The van der Waals surface area contributed by atoms with Gasteiger partial charge in [-0.15, -0.1) is 0 Å². The maximum Gasteiger partial charge on any atom is 0.420 e. The van der Waals surface area contributed by atoms with Crippen molar-refractivity contribution in [3.05, 3.63) is 47.1 Å². The largest absolute Gasteiger partial charge is 0.474 e. The van der Waals surface area contributed by atoms with Crippen molar-refractivity contribution >= 4 is 17.0 Å². The molecule has 28 heavy (non-hydrogen) atoms. The minimum atomic E-state index is -0.523. The lowest BCUT2D eigenvalue weighted by Crippen LogP contribution is -2.43. The lowest BCUT2D eigenvalue weighted by atomic mass is 10.1. The monoisotopic (exact) mass is 384 g/mol. The molecule has 0 aliphatic carbocycles. The molecular weight excluding hydrogens is 364 g/mol. The van der Waals surface area contributed by atoms with Crippen LogP contribution < -0.4 is 15.2 Å². The number of nitrogens with zero attached hydrogens (tertiary/aromatic N) is 4. The molecule has 0 radical (unpaired) electrons. The van der Waals surface area contributed by atoms with Crippen LogP contribution in [0.25, 0.3) is 11.1 Å². The SMILES string of the molecule is COc1nccc(OC2CCN(C(=O)Cn3c(=O)oc4ccccc43)CC2)n1. The van der Waals surface area contributed by atoms with Crippen LogP contribution in [-0.4, -0.2) is 51.6 Å². The summed E-state index contributed by atoms with van der Waals surface area (Å²) in [5.74, 6) is -0.186. The third-order valence-corrected chi connectivity index (χ3v) is 4.74. The molecule has 0 atom stereocenters. The fourth-order valence-electron chi connectivity index (χ4n) is 3.28. The van der Waals surface area contributed by atoms with Gasteiger partial charge in [0.15, 0.2) is 5.58 Å². The van der Waals surface area contributed by atoms with Gasteiger partial charge in [-0.1, -0.05) is 12.1 Å². The van der Waals surface area contributed by atoms with Crippen molar-refractivity contribution in [3.8, 4) is 11.9 Å². The number of amides is 1. The molecule has 0 N–H and O–H groups in total. The number of hydrogen-bond donors (Lipinski definition) is 0.